The number of hydrogen-bond donors (Lipinski definition) is 0. The fourth-order valence-corrected chi connectivity index (χ4v) is 1.98. The molecule has 1 unspecified atom stereocenters. The van der Waals surface area contributed by atoms with E-state index in [4.69, 9.17) is 0 Å². The molecule has 0 saturated carbocycles. The third kappa shape index (κ3) is 1.75. The van der Waals surface area contributed by atoms with E-state index in [1.54, 1.807) is 17.8 Å². The van der Waals surface area contributed by atoms with E-state index in [0.29, 0.717) is 0 Å². The SMILES string of the molecule is CC1(c2cccc(C(F)(F)F)c2)CS1. The van der Waals surface area contributed by atoms with Gasteiger partial charge in [0, 0.05) is 10.5 Å². The third-order valence-electron chi connectivity index (χ3n) is 2.38. The smallest absolute Gasteiger partial charge is 0.166 e. The summed E-state index contributed by atoms with van der Waals surface area (Å²) in [4.78, 5) is 0. The molecular weight excluding hydrogens is 209 g/mol. The Hall–Kier alpha value is -0.640. The van der Waals surface area contributed by atoms with Gasteiger partial charge in [-0.1, -0.05) is 18.2 Å². The molecule has 1 aliphatic heterocycles. The standard InChI is InChI=1S/C10H9F3S/c1-9(6-14-9)7-3-2-4-8(5-7)10(11,12)13/h2-5H,6H2,1H3. The molecule has 2 rings (SSSR count). The molecule has 0 aliphatic carbocycles. The average Bonchev–Trinajstić information content (AvgIpc) is 2.84. The molecule has 1 fully saturated rings. The van der Waals surface area contributed by atoms with Gasteiger partial charge in [0.1, 0.15) is 0 Å². The zero-order chi connectivity index (χ0) is 10.4. The summed E-state index contributed by atoms with van der Waals surface area (Å²) >= 11 is 1.68. The highest BCUT2D eigenvalue weighted by molar-refractivity contribution is 8.07. The van der Waals surface area contributed by atoms with E-state index in [0.717, 1.165) is 17.4 Å². The van der Waals surface area contributed by atoms with E-state index in [1.807, 2.05) is 6.92 Å². The number of halogens is 3. The predicted octanol–water partition coefficient (Wildman–Crippen LogP) is 3.67. The maximum absolute atomic E-state index is 12.4. The molecule has 76 valence electrons. The van der Waals surface area contributed by atoms with Gasteiger partial charge in [0.2, 0.25) is 0 Å². The highest BCUT2D eigenvalue weighted by Gasteiger charge is 2.41. The van der Waals surface area contributed by atoms with Crippen molar-refractivity contribution in [3.8, 4) is 0 Å². The maximum Gasteiger partial charge on any atom is 0.416 e. The number of alkyl halides is 3. The molecule has 0 amide bonds. The summed E-state index contributed by atoms with van der Waals surface area (Å²) in [7, 11) is 0. The van der Waals surface area contributed by atoms with Gasteiger partial charge in [-0.3, -0.25) is 0 Å². The molecule has 4 heteroatoms. The van der Waals surface area contributed by atoms with Gasteiger partial charge in [0.15, 0.2) is 0 Å². The summed E-state index contributed by atoms with van der Waals surface area (Å²) in [6.07, 6.45) is -4.23. The first-order valence-corrected chi connectivity index (χ1v) is 5.22. The van der Waals surface area contributed by atoms with Crippen molar-refractivity contribution in [2.24, 2.45) is 0 Å². The lowest BCUT2D eigenvalue weighted by atomic mass is 10.0. The van der Waals surface area contributed by atoms with Crippen molar-refractivity contribution in [3.63, 3.8) is 0 Å². The predicted molar refractivity (Wildman–Crippen MR) is 51.3 cm³/mol. The summed E-state index contributed by atoms with van der Waals surface area (Å²) in [5, 5.41) is 0. The molecule has 1 saturated heterocycles. The van der Waals surface area contributed by atoms with Crippen LogP contribution in [0.1, 0.15) is 18.1 Å². The molecule has 0 aromatic heterocycles. The van der Waals surface area contributed by atoms with Crippen molar-refractivity contribution in [2.45, 2.75) is 17.8 Å². The summed E-state index contributed by atoms with van der Waals surface area (Å²) in [5.74, 6) is 0.911. The Morgan fingerprint density at radius 2 is 2.00 bits per heavy atom. The molecule has 0 N–H and O–H groups in total. The lowest BCUT2D eigenvalue weighted by Gasteiger charge is -2.11. The van der Waals surface area contributed by atoms with E-state index < -0.39 is 11.7 Å². The first-order chi connectivity index (χ1) is 6.42. The average molecular weight is 218 g/mol. The number of hydrogen-bond acceptors (Lipinski definition) is 1. The van der Waals surface area contributed by atoms with E-state index in [1.165, 1.54) is 12.1 Å². The van der Waals surface area contributed by atoms with Gasteiger partial charge in [-0.15, -0.1) is 11.8 Å². The molecule has 0 radical (unpaired) electrons. The van der Waals surface area contributed by atoms with Crippen LogP contribution >= 0.6 is 11.8 Å². The van der Waals surface area contributed by atoms with Gasteiger partial charge in [-0.2, -0.15) is 13.2 Å². The Morgan fingerprint density at radius 1 is 1.36 bits per heavy atom. The van der Waals surface area contributed by atoms with E-state index >= 15 is 0 Å². The molecule has 0 spiro atoms. The minimum absolute atomic E-state index is 0.0821. The quantitative estimate of drug-likeness (QED) is 0.648. The normalized spacial score (nSPS) is 26.3. The van der Waals surface area contributed by atoms with Crippen LogP contribution in [-0.2, 0) is 10.9 Å². The van der Waals surface area contributed by atoms with Crippen LogP contribution in [0.4, 0.5) is 13.2 Å². The Morgan fingerprint density at radius 3 is 2.50 bits per heavy atom. The second kappa shape index (κ2) is 2.92. The number of benzene rings is 1. The topological polar surface area (TPSA) is 0 Å². The van der Waals surface area contributed by atoms with Crippen molar-refractivity contribution in [2.75, 3.05) is 5.75 Å². The Balaban J connectivity index is 2.37. The fourth-order valence-electron chi connectivity index (χ4n) is 1.30. The van der Waals surface area contributed by atoms with Crippen molar-refractivity contribution < 1.29 is 13.2 Å². The Labute approximate surface area is 84.5 Å². The van der Waals surface area contributed by atoms with E-state index in [-0.39, 0.29) is 4.75 Å². The monoisotopic (exact) mass is 218 g/mol. The number of rotatable bonds is 1. The highest BCUT2D eigenvalue weighted by Crippen LogP contribution is 2.53. The van der Waals surface area contributed by atoms with Crippen LogP contribution in [0.25, 0.3) is 0 Å². The summed E-state index contributed by atoms with van der Waals surface area (Å²) in [6.45, 7) is 1.97. The zero-order valence-corrected chi connectivity index (χ0v) is 8.38. The van der Waals surface area contributed by atoms with Crippen LogP contribution in [0.5, 0.6) is 0 Å². The summed E-state index contributed by atoms with van der Waals surface area (Å²) in [5.41, 5.74) is 0.223. The second-order valence-corrected chi connectivity index (χ2v) is 5.08. The van der Waals surface area contributed by atoms with Crippen LogP contribution in [0.15, 0.2) is 24.3 Å². The molecule has 1 aromatic rings. The largest absolute Gasteiger partial charge is 0.416 e. The minimum atomic E-state index is -4.23. The van der Waals surface area contributed by atoms with Crippen LogP contribution in [0, 0.1) is 0 Å². The summed E-state index contributed by atoms with van der Waals surface area (Å²) in [6, 6.07) is 5.59. The van der Waals surface area contributed by atoms with Gasteiger partial charge in [0.25, 0.3) is 0 Å². The van der Waals surface area contributed by atoms with Crippen molar-refractivity contribution in [1.82, 2.24) is 0 Å². The molecule has 0 bridgehead atoms. The van der Waals surface area contributed by atoms with E-state index in [9.17, 15) is 13.2 Å². The first kappa shape index (κ1) is 9.90. The maximum atomic E-state index is 12.4. The van der Waals surface area contributed by atoms with Crippen molar-refractivity contribution in [1.29, 1.82) is 0 Å². The van der Waals surface area contributed by atoms with Crippen LogP contribution < -0.4 is 0 Å². The lowest BCUT2D eigenvalue weighted by Crippen LogP contribution is -2.08. The molecule has 1 aliphatic rings. The minimum Gasteiger partial charge on any atom is -0.166 e. The molecule has 14 heavy (non-hydrogen) atoms. The van der Waals surface area contributed by atoms with Gasteiger partial charge in [-0.05, 0) is 18.6 Å². The van der Waals surface area contributed by atoms with E-state index in [2.05, 4.69) is 0 Å². The molecular formula is C10H9F3S. The molecule has 1 heterocycles. The van der Waals surface area contributed by atoms with Crippen molar-refractivity contribution in [3.05, 3.63) is 35.4 Å². The van der Waals surface area contributed by atoms with Gasteiger partial charge in [0.05, 0.1) is 5.56 Å². The molecule has 1 aromatic carbocycles. The second-order valence-electron chi connectivity index (χ2n) is 3.60. The van der Waals surface area contributed by atoms with Crippen LogP contribution in [-0.4, -0.2) is 5.75 Å². The number of thioether (sulfide) groups is 1. The summed E-state index contributed by atoms with van der Waals surface area (Å²) < 4.78 is 37.0. The third-order valence-corrected chi connectivity index (χ3v) is 3.77. The Bertz CT molecular complexity index is 332. The first-order valence-electron chi connectivity index (χ1n) is 4.23. The molecule has 1 atom stereocenters. The fraction of sp³-hybridized carbons (Fsp3) is 0.400. The van der Waals surface area contributed by atoms with Crippen LogP contribution in [0.3, 0.4) is 0 Å². The Kier molecular flexibility index (Phi) is 2.07. The van der Waals surface area contributed by atoms with Crippen molar-refractivity contribution >= 4 is 11.8 Å². The van der Waals surface area contributed by atoms with Gasteiger partial charge in [-0.25, -0.2) is 0 Å². The highest BCUT2D eigenvalue weighted by atomic mass is 32.2. The zero-order valence-electron chi connectivity index (χ0n) is 7.56. The van der Waals surface area contributed by atoms with Gasteiger partial charge < -0.3 is 0 Å². The van der Waals surface area contributed by atoms with Crippen LogP contribution in [0.2, 0.25) is 0 Å². The van der Waals surface area contributed by atoms with Gasteiger partial charge >= 0.3 is 6.18 Å². The lowest BCUT2D eigenvalue weighted by molar-refractivity contribution is -0.137. The molecule has 0 nitrogen and oxygen atoms in total.